The number of carbonyl (C=O) groups is 2. The minimum Gasteiger partial charge on any atom is -0.496 e. The molecule has 25 heteroatoms. The molecule has 4 aliphatic heterocycles. The van der Waals surface area contributed by atoms with E-state index in [-0.39, 0.29) is 15.9 Å². The number of anilines is 4. The van der Waals surface area contributed by atoms with Crippen LogP contribution in [0.3, 0.4) is 0 Å². The lowest BCUT2D eigenvalue weighted by molar-refractivity contribution is -0.192. The first kappa shape index (κ1) is 64.2. The number of amides is 1. The number of benzene rings is 6. The van der Waals surface area contributed by atoms with E-state index < -0.39 is 37.4 Å². The van der Waals surface area contributed by atoms with Crippen LogP contribution in [0, 0.1) is 0 Å². The Bertz CT molecular complexity index is 4270. The number of hydrogen-bond donors (Lipinski definition) is 4. The van der Waals surface area contributed by atoms with Crippen LogP contribution in [0.25, 0.3) is 44.1 Å². The fourth-order valence-corrected chi connectivity index (χ4v) is 12.9. The van der Waals surface area contributed by atoms with Crippen molar-refractivity contribution in [2.45, 2.75) is 92.7 Å². The summed E-state index contributed by atoms with van der Waals surface area (Å²) in [5, 5.41) is 19.0. The molecule has 474 valence electrons. The maximum absolute atomic E-state index is 12.6. The molecule has 0 aliphatic carbocycles. The van der Waals surface area contributed by atoms with Gasteiger partial charge in [-0.15, -0.1) is 0 Å². The Morgan fingerprint density at radius 1 is 0.633 bits per heavy atom. The molecule has 0 unspecified atom stereocenters. The van der Waals surface area contributed by atoms with Crippen LogP contribution in [0.4, 0.5) is 41.2 Å². The summed E-state index contributed by atoms with van der Waals surface area (Å²) >= 11 is 0. The van der Waals surface area contributed by atoms with Gasteiger partial charge in [-0.25, -0.2) is 46.4 Å². The first-order valence-electron chi connectivity index (χ1n) is 29.2. The molecule has 0 spiro atoms. The van der Waals surface area contributed by atoms with Crippen LogP contribution >= 0.6 is 0 Å². The van der Waals surface area contributed by atoms with Crippen molar-refractivity contribution in [3.05, 3.63) is 132 Å². The van der Waals surface area contributed by atoms with E-state index in [0.717, 1.165) is 113 Å². The minimum absolute atomic E-state index is 0.186. The smallest absolute Gasteiger partial charge is 0.490 e. The average molecular weight is 1280 g/mol. The van der Waals surface area contributed by atoms with Crippen molar-refractivity contribution in [2.24, 2.45) is 0 Å². The number of likely N-dealkylation sites (tertiary alicyclic amines) is 1. The number of nitrogens with zero attached hydrogens (tertiary/aromatic N) is 5. The summed E-state index contributed by atoms with van der Waals surface area (Å²) in [6.45, 7) is 10.4. The first-order valence-corrected chi connectivity index (χ1v) is 32.9. The predicted octanol–water partition coefficient (Wildman–Crippen LogP) is 12.0. The number of piperidine rings is 2. The fourth-order valence-electron chi connectivity index (χ4n) is 11.6. The normalized spacial score (nSPS) is 15.2. The molecule has 0 bridgehead atoms. The van der Waals surface area contributed by atoms with E-state index in [0.29, 0.717) is 67.1 Å². The van der Waals surface area contributed by atoms with Crippen molar-refractivity contribution in [3.63, 3.8) is 0 Å². The van der Waals surface area contributed by atoms with E-state index >= 15 is 0 Å². The third kappa shape index (κ3) is 14.6. The zero-order chi connectivity index (χ0) is 64.3. The Morgan fingerprint density at radius 2 is 1.07 bits per heavy atom. The van der Waals surface area contributed by atoms with Crippen LogP contribution in [0.15, 0.2) is 119 Å². The highest BCUT2D eigenvalue weighted by molar-refractivity contribution is 7.91. The molecule has 1 amide bonds. The van der Waals surface area contributed by atoms with Crippen LogP contribution in [0.1, 0.15) is 80.5 Å². The molecule has 8 aromatic rings. The Labute approximate surface area is 519 Å². The number of para-hydroxylation sites is 2. The van der Waals surface area contributed by atoms with E-state index in [1.807, 2.05) is 63.2 Å². The van der Waals surface area contributed by atoms with Crippen LogP contribution in [-0.4, -0.2) is 137 Å². The van der Waals surface area contributed by atoms with E-state index in [2.05, 4.69) is 44.1 Å². The number of hydrogen-bond acceptors (Lipinski definition) is 18. The number of aromatic nitrogens is 4. The monoisotopic (exact) mass is 1270 g/mol. The van der Waals surface area contributed by atoms with Gasteiger partial charge >= 0.3 is 18.2 Å². The largest absolute Gasteiger partial charge is 0.496 e. The van der Waals surface area contributed by atoms with Gasteiger partial charge < -0.3 is 49.6 Å². The van der Waals surface area contributed by atoms with E-state index in [1.165, 1.54) is 55.1 Å². The number of nitrogens with one attached hydrogen (secondary N) is 3. The number of methoxy groups -OCH3 is 2. The van der Waals surface area contributed by atoms with Crippen molar-refractivity contribution in [3.8, 4) is 45.3 Å². The number of aliphatic carboxylic acids is 1. The second kappa shape index (κ2) is 26.3. The Morgan fingerprint density at radius 3 is 1.47 bits per heavy atom. The molecule has 20 nitrogen and oxygen atoms in total. The summed E-state index contributed by atoms with van der Waals surface area (Å²) in [7, 11) is -3.70. The zero-order valence-corrected chi connectivity index (χ0v) is 52.3. The molecule has 4 aliphatic rings. The maximum Gasteiger partial charge on any atom is 0.490 e. The maximum atomic E-state index is 12.6. The molecule has 4 N–H and O–H groups in total. The van der Waals surface area contributed by atoms with Gasteiger partial charge in [0.2, 0.25) is 11.9 Å². The second-order valence-corrected chi connectivity index (χ2v) is 27.2. The summed E-state index contributed by atoms with van der Waals surface area (Å²) in [6, 6.07) is 29.9. The Balaban J connectivity index is 0.000000181. The molecular weight excluding hydrogens is 1210 g/mol. The molecular formula is C65H69F3N8O12S2. The van der Waals surface area contributed by atoms with Crippen molar-refractivity contribution in [1.29, 1.82) is 0 Å². The number of sulfone groups is 2. The lowest BCUT2D eigenvalue weighted by Gasteiger charge is -2.34. The first-order chi connectivity index (χ1) is 42.8. The van der Waals surface area contributed by atoms with Gasteiger partial charge in [0.05, 0.1) is 59.6 Å². The summed E-state index contributed by atoms with van der Waals surface area (Å²) in [5.41, 5.74) is 10.8. The van der Waals surface area contributed by atoms with Crippen molar-refractivity contribution in [1.82, 2.24) is 30.2 Å². The van der Waals surface area contributed by atoms with E-state index in [9.17, 15) is 34.8 Å². The number of carboxylic acids is 1. The number of carboxylic acid groups (broad SMARTS) is 1. The molecule has 0 atom stereocenters. The van der Waals surface area contributed by atoms with Gasteiger partial charge in [-0.3, -0.25) is 0 Å². The highest BCUT2D eigenvalue weighted by Crippen LogP contribution is 2.45. The summed E-state index contributed by atoms with van der Waals surface area (Å²) in [4.78, 5) is 42.5. The van der Waals surface area contributed by atoms with Crippen molar-refractivity contribution >= 4 is 76.8 Å². The average Bonchev–Trinajstić information content (AvgIpc) is 1.15. The van der Waals surface area contributed by atoms with Crippen LogP contribution < -0.4 is 34.9 Å². The summed E-state index contributed by atoms with van der Waals surface area (Å²) < 4.78 is 109. The fraction of sp³-hybridized carbons (Fsp3) is 0.354. The van der Waals surface area contributed by atoms with Gasteiger partial charge in [0.1, 0.15) is 28.6 Å². The van der Waals surface area contributed by atoms with Crippen LogP contribution in [0.5, 0.6) is 23.0 Å². The second-order valence-electron chi connectivity index (χ2n) is 23.2. The number of halogens is 3. The SMILES string of the molecule is COc1cc(S(C)(=O)=O)ccc1-c1cccc2cnc(Nc3ccc(C4CCN(C(=O)OC(C)(C)C)CC4)c4c3OCC4)nc12.COc1cc(S(C)(=O)=O)ccc1-c1cccc2cnc(Nc3ccc(C4CCNCC4)c4c3OCC4)nc12.O=C(O)C(F)(F)F. The predicted molar refractivity (Wildman–Crippen MR) is 335 cm³/mol. The molecule has 0 saturated carbocycles. The number of alkyl halides is 3. The highest BCUT2D eigenvalue weighted by Gasteiger charge is 2.38. The van der Waals surface area contributed by atoms with Gasteiger partial charge in [0, 0.05) is 95.0 Å². The molecule has 90 heavy (non-hydrogen) atoms. The van der Waals surface area contributed by atoms with Crippen molar-refractivity contribution < 1.29 is 68.4 Å². The molecule has 2 fully saturated rings. The minimum atomic E-state index is -5.08. The van der Waals surface area contributed by atoms with Gasteiger partial charge in [-0.05, 0) is 131 Å². The standard InChI is InChI=1S/C34H38N4O6S.C29H30N4O4S.C2HF3O2/c1-34(2,3)44-33(39)38-16-13-21(14-17-38)24-11-12-28(31-27(24)15-18-43-31)36-32-35-20-22-7-6-8-26(30(22)37-32)25-10-9-23(45(5,40)41)19-29(25)42-4;1-36-26-16-20(38(2,34)35)6-7-22(26)23-5-3-4-19-17-31-29(33-27(19)23)32-25-9-8-21(18-10-13-30-14-11-18)24-12-15-37-28(24)25;3-2(4,5)1(6)7/h6-12,19-21H,13-18H2,1-5H3,(H,35,36,37);3-9,16-18,30H,10-15H2,1-2H3,(H,31,32,33);(H,6,7). The van der Waals surface area contributed by atoms with Gasteiger partial charge in [-0.2, -0.15) is 13.2 Å². The Kier molecular flexibility index (Phi) is 18.8. The van der Waals surface area contributed by atoms with Gasteiger partial charge in [-0.1, -0.05) is 48.5 Å². The van der Waals surface area contributed by atoms with Crippen LogP contribution in [0.2, 0.25) is 0 Å². The third-order valence-corrected chi connectivity index (χ3v) is 18.1. The zero-order valence-electron chi connectivity index (χ0n) is 50.7. The molecule has 0 radical (unpaired) electrons. The number of rotatable bonds is 12. The summed E-state index contributed by atoms with van der Waals surface area (Å²) in [5.74, 6) is 1.63. The Hall–Kier alpha value is -8.81. The molecule has 2 saturated heterocycles. The lowest BCUT2D eigenvalue weighted by atomic mass is 9.85. The quantitative estimate of drug-likeness (QED) is 0.0886. The van der Waals surface area contributed by atoms with Gasteiger partial charge in [0.15, 0.2) is 19.7 Å². The lowest BCUT2D eigenvalue weighted by Crippen LogP contribution is -2.41. The summed E-state index contributed by atoms with van der Waals surface area (Å²) in [6.07, 6.45) is 6.32. The van der Waals surface area contributed by atoms with E-state index in [1.54, 1.807) is 47.6 Å². The molecule has 6 heterocycles. The molecule has 12 rings (SSSR count). The number of carbonyl (C=O) groups excluding carboxylic acids is 1. The number of fused-ring (bicyclic) bond motifs is 4. The topological polar surface area (TPSA) is 260 Å². The van der Waals surface area contributed by atoms with Gasteiger partial charge in [0.25, 0.3) is 0 Å². The molecule has 6 aromatic carbocycles. The van der Waals surface area contributed by atoms with Crippen molar-refractivity contribution in [2.75, 3.05) is 76.8 Å². The third-order valence-electron chi connectivity index (χ3n) is 15.9. The molecule has 2 aromatic heterocycles. The number of ether oxygens (including phenoxy) is 5. The highest BCUT2D eigenvalue weighted by atomic mass is 32.2. The van der Waals surface area contributed by atoms with E-state index in [4.69, 9.17) is 43.6 Å². The van der Waals surface area contributed by atoms with Crippen LogP contribution in [-0.2, 0) is 42.0 Å².